The van der Waals surface area contributed by atoms with Crippen molar-refractivity contribution in [2.24, 2.45) is 0 Å². The summed E-state index contributed by atoms with van der Waals surface area (Å²) in [5, 5.41) is 9.82. The number of fused-ring (bicyclic) bond motifs is 1. The molecule has 0 aliphatic carbocycles. The molecule has 2 aromatic heterocycles. The maximum atomic E-state index is 11.3. The van der Waals surface area contributed by atoms with Crippen molar-refractivity contribution in [3.8, 4) is 11.5 Å². The molecule has 0 fully saturated rings. The number of aromatic amines is 1. The summed E-state index contributed by atoms with van der Waals surface area (Å²) in [7, 11) is 0. The average molecular weight is 305 g/mol. The van der Waals surface area contributed by atoms with Crippen LogP contribution in [-0.2, 0) is 0 Å². The molecular weight excluding hydrogens is 292 g/mol. The molecule has 2 heterocycles. The van der Waals surface area contributed by atoms with Crippen LogP contribution >= 0.6 is 11.6 Å². The molecular formula is C14H13ClN4O2. The van der Waals surface area contributed by atoms with Gasteiger partial charge in [0.1, 0.15) is 5.69 Å². The van der Waals surface area contributed by atoms with Crippen molar-refractivity contribution < 1.29 is 9.90 Å². The number of carboxylic acid groups (broad SMARTS) is 1. The predicted molar refractivity (Wildman–Crippen MR) is 79.7 cm³/mol. The van der Waals surface area contributed by atoms with E-state index < -0.39 is 5.97 Å². The van der Waals surface area contributed by atoms with Crippen LogP contribution in [0.1, 0.15) is 30.4 Å². The highest BCUT2D eigenvalue weighted by molar-refractivity contribution is 6.31. The number of carboxylic acids is 1. The van der Waals surface area contributed by atoms with Crippen molar-refractivity contribution in [1.29, 1.82) is 0 Å². The van der Waals surface area contributed by atoms with Gasteiger partial charge in [0.15, 0.2) is 11.5 Å². The molecule has 0 aliphatic rings. The Morgan fingerprint density at radius 1 is 1.43 bits per heavy atom. The number of nitrogens with zero attached hydrogens (tertiary/aromatic N) is 3. The van der Waals surface area contributed by atoms with Crippen LogP contribution in [0.4, 0.5) is 0 Å². The van der Waals surface area contributed by atoms with E-state index in [2.05, 4.69) is 15.0 Å². The molecule has 0 atom stereocenters. The third-order valence-corrected chi connectivity index (χ3v) is 3.47. The summed E-state index contributed by atoms with van der Waals surface area (Å²) in [6.45, 7) is 4.01. The molecule has 3 rings (SSSR count). The minimum Gasteiger partial charge on any atom is -0.477 e. The molecule has 0 amide bonds. The maximum absolute atomic E-state index is 11.3. The largest absolute Gasteiger partial charge is 0.477 e. The zero-order chi connectivity index (χ0) is 15.1. The Bertz CT molecular complexity index is 835. The van der Waals surface area contributed by atoms with Gasteiger partial charge in [-0.25, -0.2) is 14.8 Å². The molecule has 0 saturated carbocycles. The summed E-state index contributed by atoms with van der Waals surface area (Å²) >= 11 is 6.00. The number of halogens is 1. The van der Waals surface area contributed by atoms with Crippen molar-refractivity contribution in [1.82, 2.24) is 19.5 Å². The average Bonchev–Trinajstić information content (AvgIpc) is 3.01. The first-order valence-electron chi connectivity index (χ1n) is 6.43. The Labute approximate surface area is 125 Å². The molecule has 21 heavy (non-hydrogen) atoms. The standard InChI is InChI=1S/C14H13ClN4O2/c1-7(2)19-10-4-3-8(15)5-9(10)18-13(19)11-12(14(20)21)17-6-16-11/h3-7H,1-2H3,(H,16,17)(H,20,21). The second kappa shape index (κ2) is 4.89. The van der Waals surface area contributed by atoms with Gasteiger partial charge in [0.25, 0.3) is 0 Å². The zero-order valence-corrected chi connectivity index (χ0v) is 12.2. The summed E-state index contributed by atoms with van der Waals surface area (Å²) < 4.78 is 1.95. The molecule has 2 N–H and O–H groups in total. The number of rotatable bonds is 3. The first-order chi connectivity index (χ1) is 9.99. The third kappa shape index (κ3) is 2.17. The number of benzene rings is 1. The summed E-state index contributed by atoms with van der Waals surface area (Å²) in [5.41, 5.74) is 1.95. The van der Waals surface area contributed by atoms with Crippen molar-refractivity contribution in [2.45, 2.75) is 19.9 Å². The van der Waals surface area contributed by atoms with Gasteiger partial charge in [-0.05, 0) is 32.0 Å². The lowest BCUT2D eigenvalue weighted by atomic mass is 10.2. The monoisotopic (exact) mass is 304 g/mol. The second-order valence-corrected chi connectivity index (χ2v) is 5.40. The first-order valence-corrected chi connectivity index (χ1v) is 6.81. The highest BCUT2D eigenvalue weighted by atomic mass is 35.5. The van der Waals surface area contributed by atoms with Crippen molar-refractivity contribution in [3.05, 3.63) is 35.2 Å². The summed E-state index contributed by atoms with van der Waals surface area (Å²) in [5.74, 6) is -0.552. The number of H-pyrrole nitrogens is 1. The van der Waals surface area contributed by atoms with E-state index in [-0.39, 0.29) is 11.7 Å². The Morgan fingerprint density at radius 3 is 2.86 bits per heavy atom. The van der Waals surface area contributed by atoms with E-state index in [1.54, 1.807) is 12.1 Å². The highest BCUT2D eigenvalue weighted by Crippen LogP contribution is 2.30. The molecule has 0 saturated heterocycles. The number of aromatic nitrogens is 4. The lowest BCUT2D eigenvalue weighted by Crippen LogP contribution is -2.06. The quantitative estimate of drug-likeness (QED) is 0.777. The number of carbonyl (C=O) groups is 1. The van der Waals surface area contributed by atoms with Crippen LogP contribution in [0.15, 0.2) is 24.5 Å². The number of hydrogen-bond donors (Lipinski definition) is 2. The van der Waals surface area contributed by atoms with Gasteiger partial charge in [0, 0.05) is 11.1 Å². The van der Waals surface area contributed by atoms with Gasteiger partial charge in [0.2, 0.25) is 0 Å². The van der Waals surface area contributed by atoms with Gasteiger partial charge in [-0.15, -0.1) is 0 Å². The lowest BCUT2D eigenvalue weighted by molar-refractivity contribution is 0.0692. The molecule has 0 aliphatic heterocycles. The van der Waals surface area contributed by atoms with E-state index in [4.69, 9.17) is 11.6 Å². The minimum atomic E-state index is -1.07. The minimum absolute atomic E-state index is 0.0262. The van der Waals surface area contributed by atoms with E-state index in [9.17, 15) is 9.90 Å². The number of imidazole rings is 2. The molecule has 0 spiro atoms. The molecule has 7 heteroatoms. The molecule has 3 aromatic rings. The fourth-order valence-electron chi connectivity index (χ4n) is 2.39. The summed E-state index contributed by atoms with van der Waals surface area (Å²) in [6.07, 6.45) is 1.36. The van der Waals surface area contributed by atoms with Gasteiger partial charge in [0.05, 0.1) is 17.4 Å². The Hall–Kier alpha value is -2.34. The van der Waals surface area contributed by atoms with Crippen molar-refractivity contribution >= 4 is 28.6 Å². The normalized spacial score (nSPS) is 11.4. The fraction of sp³-hybridized carbons (Fsp3) is 0.214. The number of hydrogen-bond acceptors (Lipinski definition) is 3. The van der Waals surface area contributed by atoms with Crippen molar-refractivity contribution in [2.75, 3.05) is 0 Å². The van der Waals surface area contributed by atoms with E-state index in [0.29, 0.717) is 22.1 Å². The Balaban J connectivity index is 2.33. The van der Waals surface area contributed by atoms with Crippen LogP contribution in [-0.4, -0.2) is 30.6 Å². The van der Waals surface area contributed by atoms with Gasteiger partial charge in [-0.2, -0.15) is 0 Å². The van der Waals surface area contributed by atoms with Gasteiger partial charge < -0.3 is 14.7 Å². The SMILES string of the molecule is CC(C)n1c(-c2nc[nH]c2C(=O)O)nc2cc(Cl)ccc21. The highest BCUT2D eigenvalue weighted by Gasteiger charge is 2.22. The Kier molecular flexibility index (Phi) is 3.17. The van der Waals surface area contributed by atoms with Gasteiger partial charge in [-0.3, -0.25) is 0 Å². The summed E-state index contributed by atoms with van der Waals surface area (Å²) in [4.78, 5) is 22.5. The fourth-order valence-corrected chi connectivity index (χ4v) is 2.55. The maximum Gasteiger partial charge on any atom is 0.354 e. The Morgan fingerprint density at radius 2 is 2.19 bits per heavy atom. The number of aromatic carboxylic acids is 1. The van der Waals surface area contributed by atoms with Crippen LogP contribution in [0.2, 0.25) is 5.02 Å². The summed E-state index contributed by atoms with van der Waals surface area (Å²) in [6, 6.07) is 5.52. The molecule has 6 nitrogen and oxygen atoms in total. The van der Waals surface area contributed by atoms with Crippen molar-refractivity contribution in [3.63, 3.8) is 0 Å². The van der Waals surface area contributed by atoms with E-state index in [1.165, 1.54) is 6.33 Å². The van der Waals surface area contributed by atoms with Crippen LogP contribution in [0.5, 0.6) is 0 Å². The smallest absolute Gasteiger partial charge is 0.354 e. The zero-order valence-electron chi connectivity index (χ0n) is 11.5. The van der Waals surface area contributed by atoms with Crippen LogP contribution in [0, 0.1) is 0 Å². The third-order valence-electron chi connectivity index (χ3n) is 3.23. The van der Waals surface area contributed by atoms with E-state index in [0.717, 1.165) is 5.52 Å². The lowest BCUT2D eigenvalue weighted by Gasteiger charge is -2.12. The van der Waals surface area contributed by atoms with E-state index >= 15 is 0 Å². The molecule has 0 unspecified atom stereocenters. The van der Waals surface area contributed by atoms with E-state index in [1.807, 2.05) is 24.5 Å². The van der Waals surface area contributed by atoms with Crippen LogP contribution in [0.25, 0.3) is 22.6 Å². The number of nitrogens with one attached hydrogen (secondary N) is 1. The molecule has 1 aromatic carbocycles. The first kappa shape index (κ1) is 13.6. The van der Waals surface area contributed by atoms with Gasteiger partial charge in [-0.1, -0.05) is 11.6 Å². The molecule has 0 radical (unpaired) electrons. The molecule has 0 bridgehead atoms. The second-order valence-electron chi connectivity index (χ2n) is 4.96. The molecule has 108 valence electrons. The topological polar surface area (TPSA) is 83.8 Å². The predicted octanol–water partition coefficient (Wildman–Crippen LogP) is 3.36. The van der Waals surface area contributed by atoms with Gasteiger partial charge >= 0.3 is 5.97 Å². The van der Waals surface area contributed by atoms with Crippen LogP contribution in [0.3, 0.4) is 0 Å². The van der Waals surface area contributed by atoms with Crippen LogP contribution < -0.4 is 0 Å².